The van der Waals surface area contributed by atoms with E-state index in [1.54, 1.807) is 17.0 Å². The van der Waals surface area contributed by atoms with Crippen molar-refractivity contribution in [2.45, 2.75) is 27.2 Å². The van der Waals surface area contributed by atoms with Gasteiger partial charge in [0.05, 0.1) is 5.92 Å². The molecule has 25 heavy (non-hydrogen) atoms. The Balaban J connectivity index is 1.77. The van der Waals surface area contributed by atoms with Gasteiger partial charge in [-0.1, -0.05) is 29.8 Å². The van der Waals surface area contributed by atoms with Gasteiger partial charge in [0.1, 0.15) is 0 Å². The summed E-state index contributed by atoms with van der Waals surface area (Å²) >= 11 is 6.10. The molecule has 0 spiro atoms. The lowest BCUT2D eigenvalue weighted by Gasteiger charge is -2.20. The van der Waals surface area contributed by atoms with Crippen LogP contribution in [0.25, 0.3) is 0 Å². The molecule has 5 heteroatoms. The van der Waals surface area contributed by atoms with E-state index in [2.05, 4.69) is 5.32 Å². The second kappa shape index (κ2) is 6.89. The molecule has 1 saturated heterocycles. The highest BCUT2D eigenvalue weighted by Crippen LogP contribution is 2.30. The quantitative estimate of drug-likeness (QED) is 0.893. The summed E-state index contributed by atoms with van der Waals surface area (Å²) in [5.41, 5.74) is 4.61. The standard InChI is InChI=1S/C20H21ClN2O2/c1-12-6-4-9-18(13(12)2)23-11-15(10-19(23)24)20(25)22-17-8-5-7-16(21)14(17)3/h4-9,15H,10-11H2,1-3H3,(H,22,25)/t15-/m0/s1. The Kier molecular flexibility index (Phi) is 4.82. The van der Waals surface area contributed by atoms with Crippen LogP contribution in [0.3, 0.4) is 0 Å². The summed E-state index contributed by atoms with van der Waals surface area (Å²) in [5, 5.41) is 3.52. The zero-order valence-electron chi connectivity index (χ0n) is 14.6. The van der Waals surface area contributed by atoms with Gasteiger partial charge in [-0.15, -0.1) is 0 Å². The third-order valence-corrected chi connectivity index (χ3v) is 5.30. The number of carbonyl (C=O) groups excluding carboxylic acids is 2. The number of halogens is 1. The predicted molar refractivity (Wildman–Crippen MR) is 101 cm³/mol. The molecular weight excluding hydrogens is 336 g/mol. The summed E-state index contributed by atoms with van der Waals surface area (Å²) in [6.45, 7) is 6.28. The highest BCUT2D eigenvalue weighted by atomic mass is 35.5. The van der Waals surface area contributed by atoms with Gasteiger partial charge in [-0.3, -0.25) is 9.59 Å². The fraction of sp³-hybridized carbons (Fsp3) is 0.300. The van der Waals surface area contributed by atoms with Crippen LogP contribution >= 0.6 is 11.6 Å². The molecule has 1 aliphatic rings. The van der Waals surface area contributed by atoms with Crippen molar-refractivity contribution < 1.29 is 9.59 Å². The summed E-state index contributed by atoms with van der Waals surface area (Å²) in [4.78, 5) is 26.8. The molecule has 0 aliphatic carbocycles. The van der Waals surface area contributed by atoms with Crippen molar-refractivity contribution in [1.29, 1.82) is 0 Å². The third-order valence-electron chi connectivity index (χ3n) is 4.89. The highest BCUT2D eigenvalue weighted by Gasteiger charge is 2.35. The number of nitrogens with zero attached hydrogens (tertiary/aromatic N) is 1. The largest absolute Gasteiger partial charge is 0.325 e. The fourth-order valence-electron chi connectivity index (χ4n) is 3.12. The number of rotatable bonds is 3. The molecule has 0 radical (unpaired) electrons. The predicted octanol–water partition coefficient (Wildman–Crippen LogP) is 4.26. The monoisotopic (exact) mass is 356 g/mol. The molecule has 2 aromatic carbocycles. The van der Waals surface area contributed by atoms with E-state index in [9.17, 15) is 9.59 Å². The van der Waals surface area contributed by atoms with Crippen LogP contribution in [0.5, 0.6) is 0 Å². The Morgan fingerprint density at radius 1 is 1.12 bits per heavy atom. The maximum Gasteiger partial charge on any atom is 0.229 e. The van der Waals surface area contributed by atoms with Crippen LogP contribution in [0.15, 0.2) is 36.4 Å². The molecule has 1 fully saturated rings. The molecule has 3 rings (SSSR count). The van der Waals surface area contributed by atoms with Crippen LogP contribution in [0.4, 0.5) is 11.4 Å². The van der Waals surface area contributed by atoms with Crippen LogP contribution in [-0.4, -0.2) is 18.4 Å². The van der Waals surface area contributed by atoms with E-state index in [1.165, 1.54) is 0 Å². The van der Waals surface area contributed by atoms with Crippen molar-refractivity contribution in [1.82, 2.24) is 0 Å². The fourth-order valence-corrected chi connectivity index (χ4v) is 3.30. The van der Waals surface area contributed by atoms with E-state index in [0.717, 1.165) is 22.4 Å². The minimum Gasteiger partial charge on any atom is -0.325 e. The van der Waals surface area contributed by atoms with Crippen molar-refractivity contribution in [3.05, 3.63) is 58.1 Å². The van der Waals surface area contributed by atoms with Gasteiger partial charge < -0.3 is 10.2 Å². The molecule has 2 amide bonds. The van der Waals surface area contributed by atoms with Crippen LogP contribution in [0, 0.1) is 26.7 Å². The second-order valence-corrected chi connectivity index (χ2v) is 6.93. The number of hydrogen-bond acceptors (Lipinski definition) is 2. The Morgan fingerprint density at radius 3 is 2.60 bits per heavy atom. The summed E-state index contributed by atoms with van der Waals surface area (Å²) < 4.78 is 0. The highest BCUT2D eigenvalue weighted by molar-refractivity contribution is 6.31. The van der Waals surface area contributed by atoms with Crippen molar-refractivity contribution in [3.8, 4) is 0 Å². The van der Waals surface area contributed by atoms with Gasteiger partial charge in [0.2, 0.25) is 11.8 Å². The van der Waals surface area contributed by atoms with Gasteiger partial charge in [0.25, 0.3) is 0 Å². The lowest BCUT2D eigenvalue weighted by molar-refractivity contribution is -0.122. The second-order valence-electron chi connectivity index (χ2n) is 6.53. The number of benzene rings is 2. The van der Waals surface area contributed by atoms with Gasteiger partial charge in [-0.2, -0.15) is 0 Å². The van der Waals surface area contributed by atoms with Gasteiger partial charge in [-0.25, -0.2) is 0 Å². The molecule has 130 valence electrons. The molecule has 1 N–H and O–H groups in total. The van der Waals surface area contributed by atoms with Gasteiger partial charge in [0.15, 0.2) is 0 Å². The first-order valence-electron chi connectivity index (χ1n) is 8.31. The molecule has 2 aromatic rings. The van der Waals surface area contributed by atoms with Crippen molar-refractivity contribution >= 4 is 34.8 Å². The number of carbonyl (C=O) groups is 2. The van der Waals surface area contributed by atoms with E-state index in [-0.39, 0.29) is 24.2 Å². The third kappa shape index (κ3) is 3.40. The van der Waals surface area contributed by atoms with Crippen LogP contribution in [0.2, 0.25) is 5.02 Å². The van der Waals surface area contributed by atoms with E-state index in [0.29, 0.717) is 17.3 Å². The number of anilines is 2. The average molecular weight is 357 g/mol. The normalized spacial score (nSPS) is 17.0. The van der Waals surface area contributed by atoms with Gasteiger partial charge in [-0.05, 0) is 55.7 Å². The average Bonchev–Trinajstić information content (AvgIpc) is 2.96. The first-order valence-corrected chi connectivity index (χ1v) is 8.69. The molecule has 0 saturated carbocycles. The zero-order chi connectivity index (χ0) is 18.1. The number of nitrogens with one attached hydrogen (secondary N) is 1. The zero-order valence-corrected chi connectivity index (χ0v) is 15.4. The lowest BCUT2D eigenvalue weighted by atomic mass is 10.1. The minimum absolute atomic E-state index is 0.0170. The van der Waals surface area contributed by atoms with Crippen LogP contribution in [-0.2, 0) is 9.59 Å². The van der Waals surface area contributed by atoms with Crippen molar-refractivity contribution in [2.24, 2.45) is 5.92 Å². The lowest BCUT2D eigenvalue weighted by Crippen LogP contribution is -2.28. The van der Waals surface area contributed by atoms with Gasteiger partial charge >= 0.3 is 0 Å². The smallest absolute Gasteiger partial charge is 0.229 e. The summed E-state index contributed by atoms with van der Waals surface area (Å²) in [6, 6.07) is 11.3. The first-order chi connectivity index (χ1) is 11.9. The molecule has 4 nitrogen and oxygen atoms in total. The molecule has 1 atom stereocenters. The maximum atomic E-state index is 12.6. The Hall–Kier alpha value is -2.33. The van der Waals surface area contributed by atoms with E-state index in [4.69, 9.17) is 11.6 Å². The number of hydrogen-bond donors (Lipinski definition) is 1. The summed E-state index contributed by atoms with van der Waals surface area (Å²) in [5.74, 6) is -0.533. The van der Waals surface area contributed by atoms with E-state index >= 15 is 0 Å². The van der Waals surface area contributed by atoms with E-state index in [1.807, 2.05) is 45.0 Å². The van der Waals surface area contributed by atoms with Crippen molar-refractivity contribution in [3.63, 3.8) is 0 Å². The maximum absolute atomic E-state index is 12.6. The number of amides is 2. The molecule has 1 aliphatic heterocycles. The summed E-state index contributed by atoms with van der Waals surface area (Å²) in [7, 11) is 0. The number of aryl methyl sites for hydroxylation is 1. The van der Waals surface area contributed by atoms with Crippen molar-refractivity contribution in [2.75, 3.05) is 16.8 Å². The van der Waals surface area contributed by atoms with Crippen LogP contribution in [0.1, 0.15) is 23.1 Å². The Bertz CT molecular complexity index is 848. The van der Waals surface area contributed by atoms with Gasteiger partial charge in [0, 0.05) is 29.4 Å². The molecule has 0 bridgehead atoms. The minimum atomic E-state index is -0.370. The Labute approximate surface area is 152 Å². The summed E-state index contributed by atoms with van der Waals surface area (Å²) in [6.07, 6.45) is 0.221. The SMILES string of the molecule is Cc1cccc(N2C[C@@H](C(=O)Nc3cccc(Cl)c3C)CC2=O)c1C. The Morgan fingerprint density at radius 2 is 1.84 bits per heavy atom. The topological polar surface area (TPSA) is 49.4 Å². The molecular formula is C20H21ClN2O2. The van der Waals surface area contributed by atoms with E-state index < -0.39 is 0 Å². The molecule has 0 aromatic heterocycles. The molecule has 1 heterocycles. The van der Waals surface area contributed by atoms with Crippen LogP contribution < -0.4 is 10.2 Å². The molecule has 0 unspecified atom stereocenters. The first kappa shape index (κ1) is 17.5.